The summed E-state index contributed by atoms with van der Waals surface area (Å²) in [5.74, 6) is -0.356. The molecule has 34 heavy (non-hydrogen) atoms. The van der Waals surface area contributed by atoms with Crippen molar-refractivity contribution in [2.75, 3.05) is 18.1 Å². The van der Waals surface area contributed by atoms with Crippen LogP contribution in [0.3, 0.4) is 0 Å². The Bertz CT molecular complexity index is 1060. The quantitative estimate of drug-likeness (QED) is 0.483. The fraction of sp³-hybridized carbons (Fsp3) is 0.560. The van der Waals surface area contributed by atoms with Crippen molar-refractivity contribution in [2.24, 2.45) is 11.8 Å². The molecule has 1 amide bonds. The normalized spacial score (nSPS) is 21.4. The Morgan fingerprint density at radius 3 is 2.47 bits per heavy atom. The molecule has 1 aliphatic carbocycles. The van der Waals surface area contributed by atoms with E-state index in [-0.39, 0.29) is 29.2 Å². The van der Waals surface area contributed by atoms with E-state index >= 15 is 0 Å². The Kier molecular flexibility index (Phi) is 8.00. The van der Waals surface area contributed by atoms with Gasteiger partial charge < -0.3 is 9.84 Å². The van der Waals surface area contributed by atoms with E-state index in [0.29, 0.717) is 54.8 Å². The SMILES string of the molecule is CCc1c(C(=O)O)c(N(C(=O)C2CCC(C)CC2)C2CCOCC2)nn1-c1ccc(Br)c(Cl)c1. The Morgan fingerprint density at radius 2 is 1.88 bits per heavy atom. The lowest BCUT2D eigenvalue weighted by Gasteiger charge is -2.37. The van der Waals surface area contributed by atoms with Gasteiger partial charge in [0.2, 0.25) is 5.91 Å². The zero-order valence-electron chi connectivity index (χ0n) is 19.6. The van der Waals surface area contributed by atoms with Gasteiger partial charge in [-0.3, -0.25) is 9.69 Å². The number of benzene rings is 1. The molecule has 0 spiro atoms. The number of anilines is 1. The van der Waals surface area contributed by atoms with Crippen LogP contribution in [0.1, 0.15) is 68.4 Å². The van der Waals surface area contributed by atoms with Crippen LogP contribution in [0, 0.1) is 11.8 Å². The van der Waals surface area contributed by atoms with Crippen LogP contribution in [-0.2, 0) is 16.0 Å². The van der Waals surface area contributed by atoms with Gasteiger partial charge in [-0.05, 0) is 85.0 Å². The van der Waals surface area contributed by atoms with Crippen molar-refractivity contribution >= 4 is 45.2 Å². The number of hydrogen-bond donors (Lipinski definition) is 1. The number of carboxylic acids is 1. The highest BCUT2D eigenvalue weighted by Gasteiger charge is 2.38. The predicted octanol–water partition coefficient (Wildman–Crippen LogP) is 5.89. The molecule has 7 nitrogen and oxygen atoms in total. The van der Waals surface area contributed by atoms with Crippen molar-refractivity contribution < 1.29 is 19.4 Å². The number of ether oxygens (including phenoxy) is 1. The maximum Gasteiger partial charge on any atom is 0.341 e. The van der Waals surface area contributed by atoms with Crippen molar-refractivity contribution in [1.82, 2.24) is 9.78 Å². The maximum absolute atomic E-state index is 13.9. The predicted molar refractivity (Wildman–Crippen MR) is 135 cm³/mol. The minimum atomic E-state index is -1.08. The number of nitrogens with zero attached hydrogens (tertiary/aromatic N) is 3. The Morgan fingerprint density at radius 1 is 1.21 bits per heavy atom. The van der Waals surface area contributed by atoms with Crippen molar-refractivity contribution in [3.8, 4) is 5.69 Å². The number of carbonyl (C=O) groups is 2. The van der Waals surface area contributed by atoms with Crippen molar-refractivity contribution in [3.63, 3.8) is 0 Å². The van der Waals surface area contributed by atoms with Crippen molar-refractivity contribution in [1.29, 1.82) is 0 Å². The second-order valence-corrected chi connectivity index (χ2v) is 10.6. The lowest BCUT2D eigenvalue weighted by atomic mass is 9.82. The van der Waals surface area contributed by atoms with Crippen LogP contribution in [0.15, 0.2) is 22.7 Å². The monoisotopic (exact) mass is 551 g/mol. The molecule has 0 bridgehead atoms. The molecule has 1 saturated heterocycles. The van der Waals surface area contributed by atoms with Crippen LogP contribution in [0.5, 0.6) is 0 Å². The second-order valence-electron chi connectivity index (χ2n) is 9.32. The van der Waals surface area contributed by atoms with E-state index < -0.39 is 5.97 Å². The fourth-order valence-corrected chi connectivity index (χ4v) is 5.51. The van der Waals surface area contributed by atoms with E-state index in [1.807, 2.05) is 19.1 Å². The van der Waals surface area contributed by atoms with Crippen molar-refractivity contribution in [3.05, 3.63) is 39.0 Å². The van der Waals surface area contributed by atoms with E-state index in [9.17, 15) is 14.7 Å². The lowest BCUT2D eigenvalue weighted by Crippen LogP contribution is -2.47. The molecular weight excluding hydrogens is 522 g/mol. The zero-order valence-corrected chi connectivity index (χ0v) is 21.9. The van der Waals surface area contributed by atoms with Crippen LogP contribution >= 0.6 is 27.5 Å². The second kappa shape index (κ2) is 10.8. The first-order chi connectivity index (χ1) is 16.3. The number of carbonyl (C=O) groups excluding carboxylic acids is 1. The Labute approximate surface area is 213 Å². The van der Waals surface area contributed by atoms with Gasteiger partial charge in [0.05, 0.1) is 16.4 Å². The van der Waals surface area contributed by atoms with Gasteiger partial charge in [-0.2, -0.15) is 0 Å². The van der Waals surface area contributed by atoms with E-state index in [1.165, 1.54) is 0 Å². The number of aromatic carboxylic acids is 1. The summed E-state index contributed by atoms with van der Waals surface area (Å²) in [7, 11) is 0. The van der Waals surface area contributed by atoms with Gasteiger partial charge >= 0.3 is 5.97 Å². The molecule has 0 radical (unpaired) electrons. The molecule has 0 unspecified atom stereocenters. The molecule has 9 heteroatoms. The molecule has 2 aliphatic rings. The van der Waals surface area contributed by atoms with Crippen molar-refractivity contribution in [2.45, 2.75) is 64.8 Å². The summed E-state index contributed by atoms with van der Waals surface area (Å²) in [6.45, 7) is 5.20. The Balaban J connectivity index is 1.84. The first kappa shape index (κ1) is 25.2. The van der Waals surface area contributed by atoms with Gasteiger partial charge in [0.25, 0.3) is 0 Å². The standard InChI is InChI=1S/C25H31BrClN3O4/c1-3-21-22(25(32)33)23(28-30(21)18-8-9-19(26)20(27)14-18)29(17-10-12-34-13-11-17)24(31)16-6-4-15(2)5-7-16/h8-9,14-17H,3-7,10-13H2,1-2H3,(H,32,33). The van der Waals surface area contributed by atoms with Gasteiger partial charge in [-0.1, -0.05) is 25.4 Å². The highest BCUT2D eigenvalue weighted by atomic mass is 79.9. The third kappa shape index (κ3) is 5.04. The highest BCUT2D eigenvalue weighted by Crippen LogP contribution is 2.36. The molecule has 2 fully saturated rings. The molecule has 1 aromatic heterocycles. The van der Waals surface area contributed by atoms with Gasteiger partial charge in [-0.15, -0.1) is 5.10 Å². The number of amides is 1. The number of aromatic nitrogens is 2. The van der Waals surface area contributed by atoms with Crippen LogP contribution in [0.25, 0.3) is 5.69 Å². The number of rotatable bonds is 6. The van der Waals surface area contributed by atoms with Gasteiger partial charge in [0.1, 0.15) is 5.56 Å². The molecule has 184 valence electrons. The third-order valence-electron chi connectivity index (χ3n) is 7.05. The smallest absolute Gasteiger partial charge is 0.341 e. The average Bonchev–Trinajstić information content (AvgIpc) is 3.21. The minimum absolute atomic E-state index is 0.0116. The summed E-state index contributed by atoms with van der Waals surface area (Å²) < 4.78 is 7.92. The summed E-state index contributed by atoms with van der Waals surface area (Å²) >= 11 is 9.74. The fourth-order valence-electron chi connectivity index (χ4n) is 5.09. The number of hydrogen-bond acceptors (Lipinski definition) is 4. The summed E-state index contributed by atoms with van der Waals surface area (Å²) in [5, 5.41) is 15.5. The van der Waals surface area contributed by atoms with Crippen LogP contribution < -0.4 is 4.90 Å². The number of halogens is 2. The lowest BCUT2D eigenvalue weighted by molar-refractivity contribution is -0.124. The molecular formula is C25H31BrClN3O4. The van der Waals surface area contributed by atoms with E-state index in [2.05, 4.69) is 22.9 Å². The molecule has 2 heterocycles. The number of carboxylic acid groups (broad SMARTS) is 1. The molecule has 1 aromatic carbocycles. The zero-order chi connectivity index (χ0) is 24.4. The molecule has 1 saturated carbocycles. The summed E-state index contributed by atoms with van der Waals surface area (Å²) in [4.78, 5) is 28.2. The van der Waals surface area contributed by atoms with Gasteiger partial charge in [-0.25, -0.2) is 9.48 Å². The molecule has 1 aliphatic heterocycles. The summed E-state index contributed by atoms with van der Waals surface area (Å²) in [5.41, 5.74) is 1.29. The van der Waals surface area contributed by atoms with Gasteiger partial charge in [0, 0.05) is 29.6 Å². The van der Waals surface area contributed by atoms with E-state index in [4.69, 9.17) is 21.4 Å². The average molecular weight is 553 g/mol. The van der Waals surface area contributed by atoms with Crippen LogP contribution in [-0.4, -0.2) is 46.0 Å². The largest absolute Gasteiger partial charge is 0.477 e. The summed E-state index contributed by atoms with van der Waals surface area (Å²) in [6, 6.07) is 5.25. The van der Waals surface area contributed by atoms with E-state index in [0.717, 1.165) is 30.2 Å². The minimum Gasteiger partial charge on any atom is -0.477 e. The van der Waals surface area contributed by atoms with Crippen LogP contribution in [0.2, 0.25) is 5.02 Å². The third-order valence-corrected chi connectivity index (χ3v) is 8.28. The molecule has 4 rings (SSSR count). The maximum atomic E-state index is 13.9. The highest BCUT2D eigenvalue weighted by molar-refractivity contribution is 9.10. The van der Waals surface area contributed by atoms with Gasteiger partial charge in [0.15, 0.2) is 5.82 Å². The molecule has 2 aromatic rings. The first-order valence-electron chi connectivity index (χ1n) is 12.0. The first-order valence-corrected chi connectivity index (χ1v) is 13.2. The topological polar surface area (TPSA) is 84.7 Å². The Hall–Kier alpha value is -1.90. The summed E-state index contributed by atoms with van der Waals surface area (Å²) in [6.07, 6.45) is 5.43. The van der Waals surface area contributed by atoms with Crippen LogP contribution in [0.4, 0.5) is 5.82 Å². The van der Waals surface area contributed by atoms with E-state index in [1.54, 1.807) is 15.6 Å². The molecule has 1 N–H and O–H groups in total. The molecule has 0 atom stereocenters.